The Balaban J connectivity index is 1.61. The molecule has 0 saturated heterocycles. The fourth-order valence-electron chi connectivity index (χ4n) is 3.29. The number of rotatable bonds is 5. The highest BCUT2D eigenvalue weighted by Gasteiger charge is 2.22. The highest BCUT2D eigenvalue weighted by Crippen LogP contribution is 2.42. The van der Waals surface area contributed by atoms with E-state index in [2.05, 4.69) is 22.3 Å². The summed E-state index contributed by atoms with van der Waals surface area (Å²) in [6.07, 6.45) is 0. The molecule has 30 heavy (non-hydrogen) atoms. The van der Waals surface area contributed by atoms with Gasteiger partial charge in [0.05, 0.1) is 5.56 Å². The van der Waals surface area contributed by atoms with Gasteiger partial charge in [0, 0.05) is 21.5 Å². The van der Waals surface area contributed by atoms with Crippen LogP contribution in [-0.2, 0) is 5.75 Å². The fraction of sp³-hybridized carbons (Fsp3) is 0.0435. The van der Waals surface area contributed by atoms with Gasteiger partial charge in [0.1, 0.15) is 10.2 Å². The second-order valence-electron chi connectivity index (χ2n) is 6.64. The molecule has 148 valence electrons. The van der Waals surface area contributed by atoms with Gasteiger partial charge in [0.2, 0.25) is 0 Å². The van der Waals surface area contributed by atoms with Gasteiger partial charge in [0.15, 0.2) is 11.0 Å². The molecule has 3 nitrogen and oxygen atoms in total. The van der Waals surface area contributed by atoms with Crippen LogP contribution in [-0.4, -0.2) is 14.8 Å². The third kappa shape index (κ3) is 3.62. The summed E-state index contributed by atoms with van der Waals surface area (Å²) in [5, 5.41) is 10.8. The summed E-state index contributed by atoms with van der Waals surface area (Å²) >= 11 is 9.75. The molecule has 0 saturated carbocycles. The normalized spacial score (nSPS) is 11.3. The van der Waals surface area contributed by atoms with E-state index in [4.69, 9.17) is 11.6 Å². The van der Waals surface area contributed by atoms with Gasteiger partial charge >= 0.3 is 0 Å². The van der Waals surface area contributed by atoms with Crippen LogP contribution in [0.4, 0.5) is 4.39 Å². The summed E-state index contributed by atoms with van der Waals surface area (Å²) in [6, 6.07) is 24.6. The minimum atomic E-state index is -0.238. The van der Waals surface area contributed by atoms with Crippen LogP contribution >= 0.6 is 34.7 Å². The SMILES string of the molecule is Fc1ccc(CSc2nnc(-c3c(Cl)sc4ccccc34)n2-c2ccccc2)cc1. The molecule has 0 atom stereocenters. The molecule has 3 aromatic carbocycles. The molecule has 0 spiro atoms. The standard InChI is InChI=1S/C23H15ClFN3S2/c24-21-20(18-8-4-5-9-19(18)30-21)22-26-27-23(28(22)17-6-2-1-3-7-17)29-14-15-10-12-16(25)13-11-15/h1-13H,14H2. The maximum atomic E-state index is 13.2. The average molecular weight is 452 g/mol. The van der Waals surface area contributed by atoms with E-state index >= 15 is 0 Å². The van der Waals surface area contributed by atoms with E-state index < -0.39 is 0 Å². The Morgan fingerprint density at radius 3 is 2.43 bits per heavy atom. The van der Waals surface area contributed by atoms with Crippen molar-refractivity contribution in [2.45, 2.75) is 10.9 Å². The maximum absolute atomic E-state index is 13.2. The molecule has 2 aromatic heterocycles. The second-order valence-corrected chi connectivity index (χ2v) is 9.24. The van der Waals surface area contributed by atoms with Crippen LogP contribution < -0.4 is 0 Å². The zero-order chi connectivity index (χ0) is 20.5. The van der Waals surface area contributed by atoms with Crippen LogP contribution in [0.5, 0.6) is 0 Å². The lowest BCUT2D eigenvalue weighted by Gasteiger charge is -2.10. The van der Waals surface area contributed by atoms with Crippen LogP contribution in [0, 0.1) is 5.82 Å². The quantitative estimate of drug-likeness (QED) is 0.264. The number of nitrogens with zero attached hydrogens (tertiary/aromatic N) is 3. The zero-order valence-electron chi connectivity index (χ0n) is 15.6. The molecule has 0 bridgehead atoms. The zero-order valence-corrected chi connectivity index (χ0v) is 18.0. The number of halogens is 2. The number of fused-ring (bicyclic) bond motifs is 1. The lowest BCUT2D eigenvalue weighted by atomic mass is 10.1. The minimum absolute atomic E-state index is 0.238. The molecule has 0 aliphatic carbocycles. The molecule has 0 amide bonds. The monoisotopic (exact) mass is 451 g/mol. The van der Waals surface area contributed by atoms with E-state index in [9.17, 15) is 4.39 Å². The van der Waals surface area contributed by atoms with Gasteiger partial charge in [-0.25, -0.2) is 4.39 Å². The number of aromatic nitrogens is 3. The summed E-state index contributed by atoms with van der Waals surface area (Å²) in [5.41, 5.74) is 2.87. The Labute approximate surface area is 186 Å². The summed E-state index contributed by atoms with van der Waals surface area (Å²) in [7, 11) is 0. The Hall–Kier alpha value is -2.67. The summed E-state index contributed by atoms with van der Waals surface area (Å²) < 4.78 is 17.1. The van der Waals surface area contributed by atoms with Crippen molar-refractivity contribution in [1.82, 2.24) is 14.8 Å². The molecule has 0 N–H and O–H groups in total. The van der Waals surface area contributed by atoms with Crippen LogP contribution in [0.25, 0.3) is 27.2 Å². The molecule has 0 radical (unpaired) electrons. The Morgan fingerprint density at radius 1 is 0.900 bits per heavy atom. The lowest BCUT2D eigenvalue weighted by molar-refractivity contribution is 0.627. The third-order valence-corrected chi connectivity index (χ3v) is 7.08. The van der Waals surface area contributed by atoms with Gasteiger partial charge in [-0.1, -0.05) is 71.9 Å². The van der Waals surface area contributed by atoms with Crippen LogP contribution in [0.3, 0.4) is 0 Å². The molecule has 5 rings (SSSR count). The number of para-hydroxylation sites is 1. The van der Waals surface area contributed by atoms with Crippen molar-refractivity contribution in [3.63, 3.8) is 0 Å². The van der Waals surface area contributed by atoms with Crippen molar-refractivity contribution < 1.29 is 4.39 Å². The molecule has 0 fully saturated rings. The van der Waals surface area contributed by atoms with E-state index in [1.807, 2.05) is 47.0 Å². The van der Waals surface area contributed by atoms with E-state index in [1.165, 1.54) is 12.1 Å². The van der Waals surface area contributed by atoms with E-state index in [-0.39, 0.29) is 5.82 Å². The third-order valence-electron chi connectivity index (χ3n) is 4.71. The van der Waals surface area contributed by atoms with Gasteiger partial charge in [-0.2, -0.15) is 0 Å². The van der Waals surface area contributed by atoms with Crippen molar-refractivity contribution in [3.05, 3.63) is 94.6 Å². The Bertz CT molecular complexity index is 1310. The van der Waals surface area contributed by atoms with Crippen molar-refractivity contribution in [3.8, 4) is 17.1 Å². The molecule has 0 aliphatic rings. The van der Waals surface area contributed by atoms with E-state index in [1.54, 1.807) is 35.2 Å². The molecule has 2 heterocycles. The number of hydrogen-bond acceptors (Lipinski definition) is 4. The molecule has 7 heteroatoms. The van der Waals surface area contributed by atoms with Gasteiger partial charge in [-0.15, -0.1) is 21.5 Å². The maximum Gasteiger partial charge on any atom is 0.196 e. The number of thiophene rings is 1. The van der Waals surface area contributed by atoms with Gasteiger partial charge in [-0.05, 0) is 35.9 Å². The molecular formula is C23H15ClFN3S2. The highest BCUT2D eigenvalue weighted by atomic mass is 35.5. The van der Waals surface area contributed by atoms with Gasteiger partial charge in [-0.3, -0.25) is 4.57 Å². The van der Waals surface area contributed by atoms with Crippen molar-refractivity contribution in [2.24, 2.45) is 0 Å². The number of benzene rings is 3. The van der Waals surface area contributed by atoms with E-state index in [0.29, 0.717) is 15.9 Å². The van der Waals surface area contributed by atoms with Crippen LogP contribution in [0.15, 0.2) is 84.0 Å². The van der Waals surface area contributed by atoms with Gasteiger partial charge < -0.3 is 0 Å². The molecule has 0 unspecified atom stereocenters. The lowest BCUT2D eigenvalue weighted by Crippen LogP contribution is -1.99. The summed E-state index contributed by atoms with van der Waals surface area (Å²) in [4.78, 5) is 0. The molecule has 5 aromatic rings. The summed E-state index contributed by atoms with van der Waals surface area (Å²) in [6.45, 7) is 0. The topological polar surface area (TPSA) is 30.7 Å². The van der Waals surface area contributed by atoms with Crippen molar-refractivity contribution in [1.29, 1.82) is 0 Å². The molecule has 0 aliphatic heterocycles. The van der Waals surface area contributed by atoms with E-state index in [0.717, 1.165) is 32.1 Å². The number of hydrogen-bond donors (Lipinski definition) is 0. The first-order chi connectivity index (χ1) is 14.7. The first-order valence-corrected chi connectivity index (χ1v) is 11.4. The first-order valence-electron chi connectivity index (χ1n) is 9.26. The average Bonchev–Trinajstić information content (AvgIpc) is 3.33. The predicted molar refractivity (Wildman–Crippen MR) is 123 cm³/mol. The molecular weight excluding hydrogens is 437 g/mol. The minimum Gasteiger partial charge on any atom is -0.270 e. The largest absolute Gasteiger partial charge is 0.270 e. The van der Waals surface area contributed by atoms with Gasteiger partial charge in [0.25, 0.3) is 0 Å². The second kappa shape index (κ2) is 8.22. The van der Waals surface area contributed by atoms with Crippen molar-refractivity contribution in [2.75, 3.05) is 0 Å². The van der Waals surface area contributed by atoms with Crippen LogP contribution in [0.1, 0.15) is 5.56 Å². The first kappa shape index (κ1) is 19.3. The van der Waals surface area contributed by atoms with Crippen LogP contribution in [0.2, 0.25) is 4.34 Å². The smallest absolute Gasteiger partial charge is 0.196 e. The summed E-state index contributed by atoms with van der Waals surface area (Å²) in [5.74, 6) is 1.13. The predicted octanol–water partition coefficient (Wildman–Crippen LogP) is 7.23. The fourth-order valence-corrected chi connectivity index (χ4v) is 5.55. The Morgan fingerprint density at radius 2 is 1.63 bits per heavy atom. The highest BCUT2D eigenvalue weighted by molar-refractivity contribution is 7.98. The van der Waals surface area contributed by atoms with Crippen molar-refractivity contribution >= 4 is 44.8 Å². The number of thioether (sulfide) groups is 1. The Kier molecular flexibility index (Phi) is 5.29.